The van der Waals surface area contributed by atoms with Crippen molar-refractivity contribution in [2.24, 2.45) is 0 Å². The number of aromatic nitrogens is 1. The van der Waals surface area contributed by atoms with Crippen molar-refractivity contribution >= 4 is 29.2 Å². The monoisotopic (exact) mass is 522 g/mol. The molecule has 0 saturated carbocycles. The van der Waals surface area contributed by atoms with Crippen molar-refractivity contribution in [1.82, 2.24) is 4.57 Å². The van der Waals surface area contributed by atoms with Crippen molar-refractivity contribution in [1.29, 1.82) is 0 Å². The Morgan fingerprint density at radius 2 is 1.89 bits per heavy atom. The number of carbonyl (C=O) groups is 2. The predicted molar refractivity (Wildman–Crippen MR) is 131 cm³/mol. The van der Waals surface area contributed by atoms with E-state index in [0.717, 1.165) is 23.9 Å². The Morgan fingerprint density at radius 1 is 1.14 bits per heavy atom. The van der Waals surface area contributed by atoms with Gasteiger partial charge in [0.2, 0.25) is 0 Å². The molecular formula is C26H26ClF3N2O4. The number of nitrogens with zero attached hydrogens (tertiary/aromatic N) is 1. The molecule has 3 aromatic rings. The highest BCUT2D eigenvalue weighted by Crippen LogP contribution is 2.36. The highest BCUT2D eigenvalue weighted by Gasteiger charge is 2.34. The Bertz CT molecular complexity index is 1240. The van der Waals surface area contributed by atoms with Gasteiger partial charge in [0.05, 0.1) is 24.3 Å². The van der Waals surface area contributed by atoms with E-state index < -0.39 is 35.7 Å². The van der Waals surface area contributed by atoms with Gasteiger partial charge in [0, 0.05) is 23.2 Å². The van der Waals surface area contributed by atoms with Gasteiger partial charge in [-0.05, 0) is 61.4 Å². The molecule has 2 N–H and O–H groups in total. The molecular weight excluding hydrogens is 497 g/mol. The van der Waals surface area contributed by atoms with Gasteiger partial charge in [-0.3, -0.25) is 9.59 Å². The van der Waals surface area contributed by atoms with Gasteiger partial charge in [-0.15, -0.1) is 0 Å². The van der Waals surface area contributed by atoms with Crippen LogP contribution in [0.15, 0.2) is 54.6 Å². The first-order valence-electron chi connectivity index (χ1n) is 11.3. The summed E-state index contributed by atoms with van der Waals surface area (Å²) >= 11 is 5.98. The first kappa shape index (κ1) is 27.1. The summed E-state index contributed by atoms with van der Waals surface area (Å²) in [5.74, 6) is -1.32. The highest BCUT2D eigenvalue weighted by atomic mass is 35.5. The lowest BCUT2D eigenvalue weighted by Gasteiger charge is -2.20. The second-order valence-corrected chi connectivity index (χ2v) is 8.73. The number of carboxylic acids is 1. The van der Waals surface area contributed by atoms with Crippen LogP contribution < -0.4 is 10.1 Å². The zero-order valence-electron chi connectivity index (χ0n) is 19.7. The summed E-state index contributed by atoms with van der Waals surface area (Å²) in [6.45, 7) is 4.15. The van der Waals surface area contributed by atoms with Gasteiger partial charge >= 0.3 is 12.1 Å². The third-order valence-electron chi connectivity index (χ3n) is 5.68. The maximum absolute atomic E-state index is 13.6. The fourth-order valence-electron chi connectivity index (χ4n) is 3.83. The Balaban J connectivity index is 1.86. The van der Waals surface area contributed by atoms with Crippen LogP contribution in [0.1, 0.15) is 53.6 Å². The minimum atomic E-state index is -4.73. The van der Waals surface area contributed by atoms with Crippen molar-refractivity contribution < 1.29 is 32.6 Å². The number of carbonyl (C=O) groups excluding carboxylic acids is 1. The van der Waals surface area contributed by atoms with Crippen molar-refractivity contribution in [3.63, 3.8) is 0 Å². The fourth-order valence-corrected chi connectivity index (χ4v) is 4.01. The minimum Gasteiger partial charge on any atom is -0.493 e. The van der Waals surface area contributed by atoms with Crippen molar-refractivity contribution in [3.8, 4) is 5.75 Å². The maximum atomic E-state index is 13.6. The van der Waals surface area contributed by atoms with Crippen molar-refractivity contribution in [2.75, 3.05) is 11.9 Å². The Labute approximate surface area is 211 Å². The van der Waals surface area contributed by atoms with Crippen LogP contribution in [0.3, 0.4) is 0 Å². The smallest absolute Gasteiger partial charge is 0.418 e. The topological polar surface area (TPSA) is 80.6 Å². The third kappa shape index (κ3) is 6.81. The van der Waals surface area contributed by atoms with E-state index >= 15 is 0 Å². The molecule has 192 valence electrons. The SMILES string of the molecule is CC[C@H](C)n1c(CCOc2cccc(Cl)c2)ccc1C(=O)Nc1cc(CC(=O)O)ccc1C(F)(F)F. The molecule has 1 atom stereocenters. The maximum Gasteiger partial charge on any atom is 0.418 e. The van der Waals surface area contributed by atoms with Gasteiger partial charge in [-0.25, -0.2) is 0 Å². The molecule has 0 spiro atoms. The van der Waals surface area contributed by atoms with Crippen LogP contribution in [0, 0.1) is 0 Å². The zero-order valence-corrected chi connectivity index (χ0v) is 20.5. The lowest BCUT2D eigenvalue weighted by atomic mass is 10.1. The number of amides is 1. The molecule has 0 saturated heterocycles. The summed E-state index contributed by atoms with van der Waals surface area (Å²) in [5, 5.41) is 11.9. The second kappa shape index (κ2) is 11.5. The number of benzene rings is 2. The number of hydrogen-bond donors (Lipinski definition) is 2. The average molecular weight is 523 g/mol. The van der Waals surface area contributed by atoms with Crippen LogP contribution in [-0.2, 0) is 23.8 Å². The molecule has 0 aliphatic carbocycles. The summed E-state index contributed by atoms with van der Waals surface area (Å²) in [5.41, 5.74) is -0.427. The number of hydrogen-bond acceptors (Lipinski definition) is 3. The van der Waals surface area contributed by atoms with E-state index in [1.807, 2.05) is 13.8 Å². The van der Waals surface area contributed by atoms with Crippen LogP contribution in [0.2, 0.25) is 5.02 Å². The van der Waals surface area contributed by atoms with Crippen LogP contribution >= 0.6 is 11.6 Å². The zero-order chi connectivity index (χ0) is 26.5. The summed E-state index contributed by atoms with van der Waals surface area (Å²) in [6.07, 6.45) is -4.07. The number of anilines is 1. The molecule has 6 nitrogen and oxygen atoms in total. The molecule has 0 fully saturated rings. The van der Waals surface area contributed by atoms with E-state index in [1.54, 1.807) is 41.0 Å². The predicted octanol–water partition coefficient (Wildman–Crippen LogP) is 6.63. The van der Waals surface area contributed by atoms with E-state index in [1.165, 1.54) is 0 Å². The number of rotatable bonds is 10. The summed E-state index contributed by atoms with van der Waals surface area (Å²) in [7, 11) is 0. The van der Waals surface area contributed by atoms with Gasteiger partial charge < -0.3 is 19.7 Å². The van der Waals surface area contributed by atoms with Gasteiger partial charge in [0.15, 0.2) is 0 Å². The summed E-state index contributed by atoms with van der Waals surface area (Å²) < 4.78 is 48.2. The molecule has 10 heteroatoms. The fraction of sp³-hybridized carbons (Fsp3) is 0.308. The van der Waals surface area contributed by atoms with E-state index in [0.29, 0.717) is 30.2 Å². The van der Waals surface area contributed by atoms with E-state index in [-0.39, 0.29) is 17.3 Å². The van der Waals surface area contributed by atoms with Crippen LogP contribution in [0.4, 0.5) is 18.9 Å². The first-order valence-corrected chi connectivity index (χ1v) is 11.7. The normalized spacial score (nSPS) is 12.3. The van der Waals surface area contributed by atoms with Gasteiger partial charge in [0.25, 0.3) is 5.91 Å². The first-order chi connectivity index (χ1) is 17.0. The molecule has 0 unspecified atom stereocenters. The molecule has 2 aromatic carbocycles. The van der Waals surface area contributed by atoms with E-state index in [4.69, 9.17) is 21.4 Å². The molecule has 1 aromatic heterocycles. The summed E-state index contributed by atoms with van der Waals surface area (Å²) in [4.78, 5) is 24.2. The van der Waals surface area contributed by atoms with Crippen molar-refractivity contribution in [3.05, 3.63) is 82.1 Å². The quantitative estimate of drug-likeness (QED) is 0.313. The van der Waals surface area contributed by atoms with Gasteiger partial charge in [-0.2, -0.15) is 13.2 Å². The molecule has 1 heterocycles. The molecule has 36 heavy (non-hydrogen) atoms. The number of carboxylic acid groups (broad SMARTS) is 1. The van der Waals surface area contributed by atoms with Crippen LogP contribution in [0.25, 0.3) is 0 Å². The molecule has 1 amide bonds. The molecule has 0 aliphatic rings. The number of halogens is 4. The highest BCUT2D eigenvalue weighted by molar-refractivity contribution is 6.30. The summed E-state index contributed by atoms with van der Waals surface area (Å²) in [6, 6.07) is 13.1. The van der Waals surface area contributed by atoms with Crippen molar-refractivity contribution in [2.45, 2.75) is 45.3 Å². The Hall–Kier alpha value is -3.46. The van der Waals surface area contributed by atoms with E-state index in [9.17, 15) is 22.8 Å². The number of alkyl halides is 3. The van der Waals surface area contributed by atoms with Crippen LogP contribution in [0.5, 0.6) is 5.75 Å². The number of aliphatic carboxylic acids is 1. The van der Waals surface area contributed by atoms with E-state index in [2.05, 4.69) is 5.32 Å². The lowest BCUT2D eigenvalue weighted by molar-refractivity contribution is -0.137. The van der Waals surface area contributed by atoms with Gasteiger partial charge in [-0.1, -0.05) is 30.7 Å². The number of ether oxygens (including phenoxy) is 1. The number of nitrogens with one attached hydrogen (secondary N) is 1. The minimum absolute atomic E-state index is 0.109. The molecule has 3 rings (SSSR count). The standard InChI is InChI=1S/C26H26ClF3N2O4/c1-3-16(2)32-19(11-12-36-20-6-4-5-18(27)15-20)8-10-23(32)25(35)31-22-13-17(14-24(33)34)7-9-21(22)26(28,29)30/h4-10,13,15-16H,3,11-12,14H2,1-2H3,(H,31,35)(H,33,34)/t16-/m0/s1. The molecule has 0 radical (unpaired) electrons. The van der Waals surface area contributed by atoms with Crippen LogP contribution in [-0.4, -0.2) is 28.2 Å². The van der Waals surface area contributed by atoms with Gasteiger partial charge in [0.1, 0.15) is 11.4 Å². The average Bonchev–Trinajstić information content (AvgIpc) is 3.21. The largest absolute Gasteiger partial charge is 0.493 e. The lowest BCUT2D eigenvalue weighted by Crippen LogP contribution is -2.22. The Kier molecular flexibility index (Phi) is 8.68. The Morgan fingerprint density at radius 3 is 2.53 bits per heavy atom. The molecule has 0 bridgehead atoms. The third-order valence-corrected chi connectivity index (χ3v) is 5.92. The molecule has 0 aliphatic heterocycles. The second-order valence-electron chi connectivity index (χ2n) is 8.30.